The van der Waals surface area contributed by atoms with E-state index >= 15 is 0 Å². The molecule has 0 radical (unpaired) electrons. The Labute approximate surface area is 231 Å². The quantitative estimate of drug-likeness (QED) is 0.127. The highest BCUT2D eigenvalue weighted by Crippen LogP contribution is 2.41. The summed E-state index contributed by atoms with van der Waals surface area (Å²) in [6.45, 7) is 18.8. The summed E-state index contributed by atoms with van der Waals surface area (Å²) >= 11 is 0. The van der Waals surface area contributed by atoms with Crippen molar-refractivity contribution in [2.24, 2.45) is 0 Å². The van der Waals surface area contributed by atoms with E-state index in [4.69, 9.17) is 39.6 Å². The first kappa shape index (κ1) is 35.1. The van der Waals surface area contributed by atoms with Gasteiger partial charge in [0.2, 0.25) is 0 Å². The predicted octanol–water partition coefficient (Wildman–Crippen LogP) is 2.91. The fourth-order valence-electron chi connectivity index (χ4n) is 3.46. The van der Waals surface area contributed by atoms with Gasteiger partial charge < -0.3 is 30.6 Å². The molecule has 12 nitrogen and oxygen atoms in total. The van der Waals surface area contributed by atoms with Crippen molar-refractivity contribution in [2.45, 2.75) is 13.1 Å². The molecule has 0 aromatic heterocycles. The highest BCUT2D eigenvalue weighted by Gasteiger charge is 2.21. The summed E-state index contributed by atoms with van der Waals surface area (Å²) in [6.07, 6.45) is 7.28. The molecule has 2 rings (SSSR count). The minimum Gasteiger partial charge on any atom is -0.504 e. The van der Waals surface area contributed by atoms with E-state index in [2.05, 4.69) is 36.1 Å². The Bertz CT molecular complexity index is 1100. The van der Waals surface area contributed by atoms with E-state index in [1.54, 1.807) is 0 Å². The number of carboxylic acids is 4. The van der Waals surface area contributed by atoms with Crippen LogP contribution >= 0.6 is 0 Å². The molecule has 0 saturated carbocycles. The van der Waals surface area contributed by atoms with Gasteiger partial charge in [-0.15, -0.1) is 26.3 Å². The summed E-state index contributed by atoms with van der Waals surface area (Å²) in [5.74, 6) is -7.43. The van der Waals surface area contributed by atoms with Gasteiger partial charge in [-0.25, -0.2) is 19.2 Å². The number of fused-ring (bicyclic) bond motifs is 1. The number of hydrogen-bond donors (Lipinski definition) is 6. The first-order valence-corrected chi connectivity index (χ1v) is 11.6. The van der Waals surface area contributed by atoms with Crippen molar-refractivity contribution in [2.75, 3.05) is 26.2 Å². The summed E-state index contributed by atoms with van der Waals surface area (Å²) < 4.78 is 0. The van der Waals surface area contributed by atoms with Crippen LogP contribution in [-0.4, -0.2) is 90.5 Å². The fraction of sp³-hybridized carbons (Fsp3) is 0.214. The van der Waals surface area contributed by atoms with Crippen LogP contribution in [0.25, 0.3) is 10.8 Å². The highest BCUT2D eigenvalue weighted by molar-refractivity contribution is 6.27. The minimum atomic E-state index is -1.82. The van der Waals surface area contributed by atoms with Gasteiger partial charge in [-0.1, -0.05) is 48.6 Å². The molecule has 0 bridgehead atoms. The zero-order valence-corrected chi connectivity index (χ0v) is 21.9. The summed E-state index contributed by atoms with van der Waals surface area (Å²) in [7, 11) is 0. The van der Waals surface area contributed by atoms with Gasteiger partial charge in [0.15, 0.2) is 11.5 Å². The van der Waals surface area contributed by atoms with Crippen LogP contribution in [0.15, 0.2) is 74.9 Å². The number of rotatable bonds is 12. The van der Waals surface area contributed by atoms with Gasteiger partial charge in [0.25, 0.3) is 0 Å². The average Bonchev–Trinajstić information content (AvgIpc) is 2.90. The SMILES string of the molecule is C=CCN(CC=C)Cc1c(O)c(O)c(CN(CC=C)CC=C)c2ccccc12.O=C(O)C(=O)O.O=C(O)C(=O)O. The topological polar surface area (TPSA) is 196 Å². The monoisotopic (exact) mass is 558 g/mol. The molecular weight excluding hydrogens is 524 g/mol. The molecule has 12 heteroatoms. The van der Waals surface area contributed by atoms with Crippen LogP contribution in [0, 0.1) is 0 Å². The highest BCUT2D eigenvalue weighted by atomic mass is 16.4. The Kier molecular flexibility index (Phi) is 16.1. The number of phenolic OH excluding ortho intramolecular Hbond substituents is 2. The number of benzene rings is 2. The van der Waals surface area contributed by atoms with Crippen LogP contribution in [0.5, 0.6) is 11.5 Å². The lowest BCUT2D eigenvalue weighted by Crippen LogP contribution is -2.24. The Balaban J connectivity index is 0.00000106. The largest absolute Gasteiger partial charge is 0.504 e. The number of carbonyl (C=O) groups is 4. The van der Waals surface area contributed by atoms with E-state index in [-0.39, 0.29) is 11.5 Å². The van der Waals surface area contributed by atoms with Crippen molar-refractivity contribution in [1.29, 1.82) is 0 Å². The second-order valence-electron chi connectivity index (χ2n) is 7.96. The fourth-order valence-corrected chi connectivity index (χ4v) is 3.46. The lowest BCUT2D eigenvalue weighted by molar-refractivity contribution is -0.159. The molecule has 0 atom stereocenters. The molecule has 0 fully saturated rings. The van der Waals surface area contributed by atoms with Crippen molar-refractivity contribution in [1.82, 2.24) is 9.80 Å². The maximum atomic E-state index is 10.8. The molecule has 216 valence electrons. The first-order chi connectivity index (χ1) is 18.9. The van der Waals surface area contributed by atoms with E-state index in [9.17, 15) is 10.2 Å². The van der Waals surface area contributed by atoms with Crippen LogP contribution < -0.4 is 0 Å². The van der Waals surface area contributed by atoms with Crippen LogP contribution in [-0.2, 0) is 32.3 Å². The maximum absolute atomic E-state index is 10.8. The standard InChI is InChI=1S/C24H30N2O2.2C2H2O4/c1-5-13-25(14-6-2)17-21-19-11-9-10-12-20(19)22(24(28)23(21)27)18-26(15-7-3)16-8-4;2*3-1(4)2(5)6/h5-12,27-28H,1-4,13-18H2;2*(H,3,4)(H,5,6). The van der Waals surface area contributed by atoms with E-state index < -0.39 is 23.9 Å². The molecular formula is C28H34N2O10. The number of aromatic hydroxyl groups is 2. The molecule has 40 heavy (non-hydrogen) atoms. The number of carboxylic acid groups (broad SMARTS) is 4. The van der Waals surface area contributed by atoms with Crippen LogP contribution in [0.1, 0.15) is 11.1 Å². The second-order valence-corrected chi connectivity index (χ2v) is 7.96. The van der Waals surface area contributed by atoms with Crippen molar-refractivity contribution in [3.05, 3.63) is 86.0 Å². The Hall–Kier alpha value is -4.94. The normalized spacial score (nSPS) is 9.95. The molecule has 0 aliphatic carbocycles. The molecule has 6 N–H and O–H groups in total. The molecule has 0 aliphatic rings. The molecule has 0 spiro atoms. The zero-order chi connectivity index (χ0) is 30.8. The van der Waals surface area contributed by atoms with Crippen molar-refractivity contribution < 1.29 is 49.8 Å². The van der Waals surface area contributed by atoms with E-state index in [1.165, 1.54) is 0 Å². The van der Waals surface area contributed by atoms with E-state index in [1.807, 2.05) is 48.6 Å². The summed E-state index contributed by atoms with van der Waals surface area (Å²) in [6, 6.07) is 7.86. The minimum absolute atomic E-state index is 0.0658. The summed E-state index contributed by atoms with van der Waals surface area (Å²) in [5.41, 5.74) is 1.42. The second kappa shape index (κ2) is 18.3. The first-order valence-electron chi connectivity index (χ1n) is 11.6. The van der Waals surface area contributed by atoms with Gasteiger partial charge in [-0.3, -0.25) is 9.80 Å². The summed E-state index contributed by atoms with van der Waals surface area (Å²) in [4.78, 5) is 40.6. The van der Waals surface area contributed by atoms with Crippen LogP contribution in [0.4, 0.5) is 0 Å². The van der Waals surface area contributed by atoms with Gasteiger partial charge in [-0.2, -0.15) is 0 Å². The third kappa shape index (κ3) is 11.6. The lowest BCUT2D eigenvalue weighted by atomic mass is 9.96. The molecule has 0 saturated heterocycles. The molecule has 0 unspecified atom stereocenters. The van der Waals surface area contributed by atoms with Crippen LogP contribution in [0.3, 0.4) is 0 Å². The molecule has 2 aromatic carbocycles. The average molecular weight is 559 g/mol. The van der Waals surface area contributed by atoms with Gasteiger partial charge in [-0.05, 0) is 10.8 Å². The van der Waals surface area contributed by atoms with E-state index in [0.717, 1.165) is 10.8 Å². The molecule has 0 amide bonds. The van der Waals surface area contributed by atoms with Crippen LogP contribution in [0.2, 0.25) is 0 Å². The maximum Gasteiger partial charge on any atom is 0.414 e. The van der Waals surface area contributed by atoms with E-state index in [0.29, 0.717) is 50.4 Å². The Morgan fingerprint density at radius 3 is 1.02 bits per heavy atom. The Morgan fingerprint density at radius 2 is 0.825 bits per heavy atom. The van der Waals surface area contributed by atoms with Gasteiger partial charge in [0.1, 0.15) is 0 Å². The van der Waals surface area contributed by atoms with Crippen molar-refractivity contribution >= 4 is 34.6 Å². The lowest BCUT2D eigenvalue weighted by Gasteiger charge is -2.24. The number of nitrogens with zero attached hydrogens (tertiary/aromatic N) is 2. The van der Waals surface area contributed by atoms with Crippen molar-refractivity contribution in [3.63, 3.8) is 0 Å². The third-order valence-electron chi connectivity index (χ3n) is 5.05. The third-order valence-corrected chi connectivity index (χ3v) is 5.05. The Morgan fingerprint density at radius 1 is 0.575 bits per heavy atom. The molecule has 0 heterocycles. The number of hydrogen-bond acceptors (Lipinski definition) is 8. The van der Waals surface area contributed by atoms with Crippen molar-refractivity contribution in [3.8, 4) is 11.5 Å². The zero-order valence-electron chi connectivity index (χ0n) is 21.9. The molecule has 0 aliphatic heterocycles. The van der Waals surface area contributed by atoms with Gasteiger partial charge >= 0.3 is 23.9 Å². The number of aliphatic carboxylic acids is 4. The number of phenols is 2. The molecule has 2 aromatic rings. The van der Waals surface area contributed by atoms with Gasteiger partial charge in [0.05, 0.1) is 0 Å². The predicted molar refractivity (Wildman–Crippen MR) is 149 cm³/mol. The summed E-state index contributed by atoms with van der Waals surface area (Å²) in [5, 5.41) is 53.1. The smallest absolute Gasteiger partial charge is 0.414 e. The van der Waals surface area contributed by atoms with Gasteiger partial charge in [0, 0.05) is 50.4 Å².